The highest BCUT2D eigenvalue weighted by Gasteiger charge is 2.01. The summed E-state index contributed by atoms with van der Waals surface area (Å²) >= 11 is 1.74. The number of aliphatic hydroxyl groups excluding tert-OH is 1. The fourth-order valence-corrected chi connectivity index (χ4v) is 1.88. The molecule has 1 heterocycles. The summed E-state index contributed by atoms with van der Waals surface area (Å²) in [7, 11) is 0. The topological polar surface area (TPSA) is 32.3 Å². The van der Waals surface area contributed by atoms with Crippen LogP contribution in [-0.4, -0.2) is 17.8 Å². The van der Waals surface area contributed by atoms with Gasteiger partial charge in [-0.1, -0.05) is 19.4 Å². The number of thiophene rings is 1. The molecule has 1 atom stereocenters. The summed E-state index contributed by atoms with van der Waals surface area (Å²) in [6.07, 6.45) is 1.74. The Morgan fingerprint density at radius 3 is 3.08 bits per heavy atom. The van der Waals surface area contributed by atoms with Crippen molar-refractivity contribution in [3.05, 3.63) is 22.4 Å². The van der Waals surface area contributed by atoms with Gasteiger partial charge >= 0.3 is 0 Å². The SMILES string of the molecule is CCCC(O)CNCc1cccs1. The van der Waals surface area contributed by atoms with E-state index in [1.165, 1.54) is 4.88 Å². The molecule has 0 saturated carbocycles. The summed E-state index contributed by atoms with van der Waals surface area (Å²) in [6, 6.07) is 4.15. The van der Waals surface area contributed by atoms with Crippen LogP contribution in [0.15, 0.2) is 17.5 Å². The Hall–Kier alpha value is -0.380. The van der Waals surface area contributed by atoms with Crippen LogP contribution >= 0.6 is 11.3 Å². The van der Waals surface area contributed by atoms with Crippen LogP contribution in [0.5, 0.6) is 0 Å². The highest BCUT2D eigenvalue weighted by Crippen LogP contribution is 2.07. The summed E-state index contributed by atoms with van der Waals surface area (Å²) in [6.45, 7) is 3.66. The highest BCUT2D eigenvalue weighted by atomic mass is 32.1. The van der Waals surface area contributed by atoms with E-state index in [0.29, 0.717) is 6.54 Å². The Balaban J connectivity index is 2.07. The van der Waals surface area contributed by atoms with Crippen molar-refractivity contribution < 1.29 is 5.11 Å². The number of hydrogen-bond donors (Lipinski definition) is 2. The molecule has 0 bridgehead atoms. The fraction of sp³-hybridized carbons (Fsp3) is 0.600. The molecular formula is C10H17NOS. The first-order valence-corrected chi connectivity index (χ1v) is 5.62. The quantitative estimate of drug-likeness (QED) is 0.734. The van der Waals surface area contributed by atoms with E-state index in [-0.39, 0.29) is 6.10 Å². The van der Waals surface area contributed by atoms with E-state index >= 15 is 0 Å². The fourth-order valence-electron chi connectivity index (χ4n) is 1.21. The maximum Gasteiger partial charge on any atom is 0.0664 e. The third-order valence-electron chi connectivity index (χ3n) is 1.88. The second-order valence-corrected chi connectivity index (χ2v) is 4.19. The predicted octanol–water partition coefficient (Wildman–Crippen LogP) is 2.00. The lowest BCUT2D eigenvalue weighted by Gasteiger charge is -2.09. The first-order valence-electron chi connectivity index (χ1n) is 4.74. The normalized spacial score (nSPS) is 13.1. The molecule has 0 amide bonds. The number of aliphatic hydroxyl groups is 1. The molecule has 0 radical (unpaired) electrons. The van der Waals surface area contributed by atoms with Crippen molar-refractivity contribution in [3.63, 3.8) is 0 Å². The van der Waals surface area contributed by atoms with Crippen LogP contribution in [0.2, 0.25) is 0 Å². The summed E-state index contributed by atoms with van der Waals surface area (Å²) in [5, 5.41) is 14.7. The number of hydrogen-bond acceptors (Lipinski definition) is 3. The lowest BCUT2D eigenvalue weighted by Crippen LogP contribution is -2.25. The number of rotatable bonds is 6. The predicted molar refractivity (Wildman–Crippen MR) is 56.9 cm³/mol. The summed E-state index contributed by atoms with van der Waals surface area (Å²) in [5.74, 6) is 0. The van der Waals surface area contributed by atoms with E-state index in [0.717, 1.165) is 19.4 Å². The van der Waals surface area contributed by atoms with Crippen LogP contribution in [-0.2, 0) is 6.54 Å². The van der Waals surface area contributed by atoms with Crippen molar-refractivity contribution in [2.24, 2.45) is 0 Å². The smallest absolute Gasteiger partial charge is 0.0664 e. The van der Waals surface area contributed by atoms with E-state index in [2.05, 4.69) is 23.7 Å². The molecule has 0 fully saturated rings. The van der Waals surface area contributed by atoms with Crippen LogP contribution in [0, 0.1) is 0 Å². The van der Waals surface area contributed by atoms with Crippen molar-refractivity contribution in [1.29, 1.82) is 0 Å². The molecule has 74 valence electrons. The molecule has 1 aromatic heterocycles. The van der Waals surface area contributed by atoms with Gasteiger partial charge in [0.25, 0.3) is 0 Å². The molecule has 1 rings (SSSR count). The molecule has 0 aromatic carbocycles. The summed E-state index contributed by atoms with van der Waals surface area (Å²) in [5.41, 5.74) is 0. The van der Waals surface area contributed by atoms with E-state index < -0.39 is 0 Å². The molecular weight excluding hydrogens is 182 g/mol. The van der Waals surface area contributed by atoms with Gasteiger partial charge in [-0.2, -0.15) is 0 Å². The van der Waals surface area contributed by atoms with Crippen LogP contribution in [0.1, 0.15) is 24.6 Å². The lowest BCUT2D eigenvalue weighted by molar-refractivity contribution is 0.160. The molecule has 0 spiro atoms. The van der Waals surface area contributed by atoms with Gasteiger partial charge in [0.1, 0.15) is 0 Å². The Morgan fingerprint density at radius 2 is 2.46 bits per heavy atom. The third-order valence-corrected chi connectivity index (χ3v) is 2.76. The molecule has 1 aromatic rings. The molecule has 13 heavy (non-hydrogen) atoms. The van der Waals surface area contributed by atoms with Crippen LogP contribution in [0.4, 0.5) is 0 Å². The van der Waals surface area contributed by atoms with E-state index in [1.807, 2.05) is 6.07 Å². The molecule has 3 heteroatoms. The zero-order valence-corrected chi connectivity index (χ0v) is 8.81. The first-order chi connectivity index (χ1) is 6.33. The third kappa shape index (κ3) is 4.41. The van der Waals surface area contributed by atoms with Crippen molar-refractivity contribution in [1.82, 2.24) is 5.32 Å². The monoisotopic (exact) mass is 199 g/mol. The summed E-state index contributed by atoms with van der Waals surface area (Å²) in [4.78, 5) is 1.32. The van der Waals surface area contributed by atoms with Crippen molar-refractivity contribution in [2.45, 2.75) is 32.4 Å². The van der Waals surface area contributed by atoms with Crippen LogP contribution < -0.4 is 5.32 Å². The van der Waals surface area contributed by atoms with Crippen LogP contribution in [0.3, 0.4) is 0 Å². The molecule has 0 aliphatic rings. The molecule has 1 unspecified atom stereocenters. The minimum atomic E-state index is -0.190. The second kappa shape index (κ2) is 6.13. The van der Waals surface area contributed by atoms with Crippen LogP contribution in [0.25, 0.3) is 0 Å². The zero-order chi connectivity index (χ0) is 9.52. The average Bonchev–Trinajstić information content (AvgIpc) is 2.57. The number of nitrogens with one attached hydrogen (secondary N) is 1. The largest absolute Gasteiger partial charge is 0.392 e. The zero-order valence-electron chi connectivity index (χ0n) is 7.99. The van der Waals surface area contributed by atoms with Gasteiger partial charge in [0.15, 0.2) is 0 Å². The highest BCUT2D eigenvalue weighted by molar-refractivity contribution is 7.09. The van der Waals surface area contributed by atoms with Gasteiger partial charge < -0.3 is 10.4 Å². The minimum absolute atomic E-state index is 0.190. The van der Waals surface area contributed by atoms with Crippen molar-refractivity contribution in [3.8, 4) is 0 Å². The molecule has 2 nitrogen and oxygen atoms in total. The molecule has 0 aliphatic heterocycles. The maximum atomic E-state index is 9.42. The van der Waals surface area contributed by atoms with Gasteiger partial charge in [-0.15, -0.1) is 11.3 Å². The Kier molecular flexibility index (Phi) is 5.05. The van der Waals surface area contributed by atoms with Gasteiger partial charge in [0, 0.05) is 18.0 Å². The Labute approximate surface area is 83.6 Å². The minimum Gasteiger partial charge on any atom is -0.392 e. The lowest BCUT2D eigenvalue weighted by atomic mass is 10.2. The van der Waals surface area contributed by atoms with E-state index in [4.69, 9.17) is 0 Å². The van der Waals surface area contributed by atoms with E-state index in [1.54, 1.807) is 11.3 Å². The maximum absolute atomic E-state index is 9.42. The van der Waals surface area contributed by atoms with Gasteiger partial charge in [-0.05, 0) is 17.9 Å². The first kappa shape index (κ1) is 10.7. The van der Waals surface area contributed by atoms with Crippen molar-refractivity contribution in [2.75, 3.05) is 6.54 Å². The average molecular weight is 199 g/mol. The Morgan fingerprint density at radius 1 is 1.62 bits per heavy atom. The van der Waals surface area contributed by atoms with Gasteiger partial charge in [-0.3, -0.25) is 0 Å². The van der Waals surface area contributed by atoms with Crippen molar-refractivity contribution >= 4 is 11.3 Å². The molecule has 0 saturated heterocycles. The summed E-state index contributed by atoms with van der Waals surface area (Å²) < 4.78 is 0. The van der Waals surface area contributed by atoms with Gasteiger partial charge in [0.05, 0.1) is 6.10 Å². The van der Waals surface area contributed by atoms with Gasteiger partial charge in [0.2, 0.25) is 0 Å². The standard InChI is InChI=1S/C10H17NOS/c1-2-4-9(12)7-11-8-10-5-3-6-13-10/h3,5-6,9,11-12H,2,4,7-8H2,1H3. The molecule has 2 N–H and O–H groups in total. The Bertz CT molecular complexity index is 211. The molecule has 0 aliphatic carbocycles. The van der Waals surface area contributed by atoms with Gasteiger partial charge in [-0.25, -0.2) is 0 Å². The van der Waals surface area contributed by atoms with E-state index in [9.17, 15) is 5.11 Å². The second-order valence-electron chi connectivity index (χ2n) is 3.15.